The maximum Gasteiger partial charge on any atom is 0.239 e. The third-order valence-corrected chi connectivity index (χ3v) is 5.84. The van der Waals surface area contributed by atoms with E-state index in [1.165, 1.54) is 29.2 Å². The number of aromatic nitrogens is 4. The maximum atomic E-state index is 14.3. The van der Waals surface area contributed by atoms with E-state index < -0.39 is 5.25 Å². The normalized spacial score (nSPS) is 12.4. The van der Waals surface area contributed by atoms with E-state index >= 15 is 0 Å². The molecule has 1 unspecified atom stereocenters. The van der Waals surface area contributed by atoms with Crippen molar-refractivity contribution in [2.45, 2.75) is 44.6 Å². The molecule has 9 heteroatoms. The first-order valence-corrected chi connectivity index (χ1v) is 10.7. The van der Waals surface area contributed by atoms with Crippen LogP contribution in [0.1, 0.15) is 26.5 Å². The molecule has 2 heterocycles. The lowest BCUT2D eigenvalue weighted by molar-refractivity contribution is -0.115. The number of amides is 1. The number of benzene rings is 1. The van der Waals surface area contributed by atoms with Gasteiger partial charge in [-0.1, -0.05) is 37.7 Å². The van der Waals surface area contributed by atoms with E-state index in [0.717, 1.165) is 5.69 Å². The van der Waals surface area contributed by atoms with Crippen molar-refractivity contribution in [2.75, 3.05) is 5.32 Å². The van der Waals surface area contributed by atoms with Gasteiger partial charge in [0.1, 0.15) is 5.82 Å². The zero-order valence-electron chi connectivity index (χ0n) is 16.1. The summed E-state index contributed by atoms with van der Waals surface area (Å²) in [6, 6.07) is 6.50. The number of thioether (sulfide) groups is 1. The minimum Gasteiger partial charge on any atom is -0.302 e. The fourth-order valence-corrected chi connectivity index (χ4v) is 4.13. The summed E-state index contributed by atoms with van der Waals surface area (Å²) in [4.78, 5) is 16.8. The van der Waals surface area contributed by atoms with Crippen LogP contribution in [0, 0.1) is 18.7 Å². The van der Waals surface area contributed by atoms with Crippen LogP contribution in [0.15, 0.2) is 34.8 Å². The van der Waals surface area contributed by atoms with Crippen LogP contribution in [0.4, 0.5) is 9.52 Å². The molecule has 0 aliphatic rings. The summed E-state index contributed by atoms with van der Waals surface area (Å²) in [7, 11) is 0. The quantitative estimate of drug-likeness (QED) is 0.566. The van der Waals surface area contributed by atoms with Crippen LogP contribution in [0.2, 0.25) is 0 Å². The lowest BCUT2D eigenvalue weighted by atomic mass is 10.2. The standard InChI is InChI=1S/C19H22FN5OS2/c1-11(2)9-25-16(14-7-5-6-8-15(14)20)23-24-19(25)28-13(4)17(26)22-18-21-12(3)10-27-18/h5-8,10-11,13H,9H2,1-4H3,(H,21,22,26). The number of halogens is 1. The molecule has 28 heavy (non-hydrogen) atoms. The van der Waals surface area contributed by atoms with E-state index in [1.54, 1.807) is 25.1 Å². The number of nitrogens with zero attached hydrogens (tertiary/aromatic N) is 4. The molecule has 0 bridgehead atoms. The van der Waals surface area contributed by atoms with Crippen molar-refractivity contribution in [3.05, 3.63) is 41.2 Å². The molecule has 6 nitrogen and oxygen atoms in total. The Morgan fingerprint density at radius 1 is 1.29 bits per heavy atom. The van der Waals surface area contributed by atoms with E-state index in [2.05, 4.69) is 34.3 Å². The monoisotopic (exact) mass is 419 g/mol. The number of anilines is 1. The van der Waals surface area contributed by atoms with Crippen molar-refractivity contribution in [2.24, 2.45) is 5.92 Å². The Kier molecular flexibility index (Phi) is 6.46. The molecular weight excluding hydrogens is 397 g/mol. The number of carbonyl (C=O) groups is 1. The number of hydrogen-bond acceptors (Lipinski definition) is 6. The lowest BCUT2D eigenvalue weighted by Gasteiger charge is -2.15. The second kappa shape index (κ2) is 8.83. The highest BCUT2D eigenvalue weighted by Gasteiger charge is 2.23. The summed E-state index contributed by atoms with van der Waals surface area (Å²) < 4.78 is 16.2. The van der Waals surface area contributed by atoms with Crippen LogP contribution in [0.25, 0.3) is 11.4 Å². The molecule has 0 saturated heterocycles. The Hall–Kier alpha value is -2.26. The molecule has 2 aromatic heterocycles. The van der Waals surface area contributed by atoms with Crippen molar-refractivity contribution >= 4 is 34.1 Å². The molecule has 3 aromatic rings. The highest BCUT2D eigenvalue weighted by Crippen LogP contribution is 2.29. The van der Waals surface area contributed by atoms with Gasteiger partial charge in [-0.3, -0.25) is 4.79 Å². The van der Waals surface area contributed by atoms with Crippen molar-refractivity contribution in [3.63, 3.8) is 0 Å². The van der Waals surface area contributed by atoms with Gasteiger partial charge in [-0.15, -0.1) is 21.5 Å². The zero-order valence-corrected chi connectivity index (χ0v) is 17.8. The largest absolute Gasteiger partial charge is 0.302 e. The molecule has 0 aliphatic carbocycles. The Balaban J connectivity index is 1.83. The predicted octanol–water partition coefficient (Wildman–Crippen LogP) is 4.62. The second-order valence-corrected chi connectivity index (χ2v) is 9.00. The number of thiazole rings is 1. The van der Waals surface area contributed by atoms with E-state index in [1.807, 2.05) is 16.9 Å². The first-order valence-electron chi connectivity index (χ1n) is 8.93. The third kappa shape index (κ3) is 4.77. The van der Waals surface area contributed by atoms with Crippen LogP contribution < -0.4 is 5.32 Å². The molecule has 0 radical (unpaired) electrons. The molecule has 1 amide bonds. The molecule has 1 N–H and O–H groups in total. The van der Waals surface area contributed by atoms with Gasteiger partial charge in [0.05, 0.1) is 16.5 Å². The van der Waals surface area contributed by atoms with Crippen molar-refractivity contribution in [1.82, 2.24) is 19.7 Å². The SMILES string of the molecule is Cc1csc(NC(=O)C(C)Sc2nnc(-c3ccccc3F)n2CC(C)C)n1. The van der Waals surface area contributed by atoms with Crippen LogP contribution in [-0.2, 0) is 11.3 Å². The number of rotatable bonds is 7. The fraction of sp³-hybridized carbons (Fsp3) is 0.368. The zero-order chi connectivity index (χ0) is 20.3. The summed E-state index contributed by atoms with van der Waals surface area (Å²) in [5.41, 5.74) is 1.27. The predicted molar refractivity (Wildman–Crippen MR) is 111 cm³/mol. The molecule has 0 fully saturated rings. The van der Waals surface area contributed by atoms with Crippen molar-refractivity contribution in [1.29, 1.82) is 0 Å². The molecule has 0 spiro atoms. The highest BCUT2D eigenvalue weighted by atomic mass is 32.2. The average Bonchev–Trinajstić information content (AvgIpc) is 3.21. The van der Waals surface area contributed by atoms with Gasteiger partial charge in [0.15, 0.2) is 16.1 Å². The van der Waals surface area contributed by atoms with Gasteiger partial charge in [-0.25, -0.2) is 9.37 Å². The van der Waals surface area contributed by atoms with Crippen molar-refractivity contribution < 1.29 is 9.18 Å². The van der Waals surface area contributed by atoms with Crippen LogP contribution in [0.5, 0.6) is 0 Å². The van der Waals surface area contributed by atoms with Gasteiger partial charge in [0.25, 0.3) is 0 Å². The van der Waals surface area contributed by atoms with Gasteiger partial charge in [-0.2, -0.15) is 0 Å². The van der Waals surface area contributed by atoms with Gasteiger partial charge in [-0.05, 0) is 31.9 Å². The summed E-state index contributed by atoms with van der Waals surface area (Å²) >= 11 is 2.69. The minimum absolute atomic E-state index is 0.161. The average molecular weight is 420 g/mol. The smallest absolute Gasteiger partial charge is 0.239 e. The first-order chi connectivity index (χ1) is 13.3. The van der Waals surface area contributed by atoms with E-state index in [4.69, 9.17) is 0 Å². The first kappa shape index (κ1) is 20.5. The Morgan fingerprint density at radius 3 is 2.68 bits per heavy atom. The lowest BCUT2D eigenvalue weighted by Crippen LogP contribution is -2.23. The van der Waals surface area contributed by atoms with Crippen LogP contribution in [-0.4, -0.2) is 30.9 Å². The number of carbonyl (C=O) groups excluding carboxylic acids is 1. The molecule has 148 valence electrons. The van der Waals surface area contributed by atoms with Gasteiger partial charge >= 0.3 is 0 Å². The summed E-state index contributed by atoms with van der Waals surface area (Å²) in [6.07, 6.45) is 0. The maximum absolute atomic E-state index is 14.3. The van der Waals surface area contributed by atoms with E-state index in [0.29, 0.717) is 34.1 Å². The van der Waals surface area contributed by atoms with Crippen molar-refractivity contribution in [3.8, 4) is 11.4 Å². The number of aryl methyl sites for hydroxylation is 1. The fourth-order valence-electron chi connectivity index (χ4n) is 2.58. The number of hydrogen-bond donors (Lipinski definition) is 1. The van der Waals surface area contributed by atoms with E-state index in [9.17, 15) is 9.18 Å². The Morgan fingerprint density at radius 2 is 2.04 bits per heavy atom. The van der Waals surface area contributed by atoms with Gasteiger partial charge in [0, 0.05) is 11.9 Å². The molecular formula is C19H22FN5OS2. The summed E-state index contributed by atoms with van der Waals surface area (Å²) in [5, 5.41) is 13.9. The van der Waals surface area contributed by atoms with E-state index in [-0.39, 0.29) is 11.7 Å². The third-order valence-electron chi connectivity index (χ3n) is 3.88. The molecule has 1 atom stereocenters. The topological polar surface area (TPSA) is 72.7 Å². The Bertz CT molecular complexity index is 969. The number of nitrogens with one attached hydrogen (secondary N) is 1. The molecule has 1 aromatic carbocycles. The van der Waals surface area contributed by atoms with Crippen LogP contribution >= 0.6 is 23.1 Å². The van der Waals surface area contributed by atoms with Crippen LogP contribution in [0.3, 0.4) is 0 Å². The van der Waals surface area contributed by atoms with Gasteiger partial charge in [0.2, 0.25) is 5.91 Å². The Labute approximate surface area is 171 Å². The minimum atomic E-state index is -0.409. The molecule has 0 saturated carbocycles. The van der Waals surface area contributed by atoms with Gasteiger partial charge < -0.3 is 9.88 Å². The molecule has 3 rings (SSSR count). The summed E-state index contributed by atoms with van der Waals surface area (Å²) in [5.74, 6) is 0.271. The highest BCUT2D eigenvalue weighted by molar-refractivity contribution is 8.00. The second-order valence-electron chi connectivity index (χ2n) is 6.83. The molecule has 0 aliphatic heterocycles. The summed E-state index contributed by atoms with van der Waals surface area (Å²) in [6.45, 7) is 8.45.